The van der Waals surface area contributed by atoms with E-state index in [2.05, 4.69) is 17.6 Å². The van der Waals surface area contributed by atoms with E-state index < -0.39 is 24.0 Å². The van der Waals surface area contributed by atoms with Crippen LogP contribution in [0.2, 0.25) is 0 Å². The number of hydrogen-bond donors (Lipinski definition) is 5. The van der Waals surface area contributed by atoms with E-state index >= 15 is 0 Å². The van der Waals surface area contributed by atoms with E-state index in [1.807, 2.05) is 0 Å². The molecule has 0 aliphatic heterocycles. The van der Waals surface area contributed by atoms with E-state index in [4.69, 9.17) is 5.11 Å². The molecule has 0 saturated carbocycles. The van der Waals surface area contributed by atoms with Crippen molar-refractivity contribution in [3.05, 3.63) is 0 Å². The molecule has 0 aromatic heterocycles. The van der Waals surface area contributed by atoms with Gasteiger partial charge in [0.2, 0.25) is 0 Å². The zero-order valence-corrected chi connectivity index (χ0v) is 15.5. The van der Waals surface area contributed by atoms with Crippen LogP contribution in [0.5, 0.6) is 0 Å². The molecule has 7 heteroatoms. The van der Waals surface area contributed by atoms with Crippen molar-refractivity contribution in [2.45, 2.75) is 83.3 Å². The SMILES string of the molecule is CCCCCCCCCCCCNC(=O)[C@H](O)[C@@H](O)C(=O)NCCO. The van der Waals surface area contributed by atoms with Gasteiger partial charge in [-0.1, -0.05) is 64.7 Å². The second kappa shape index (κ2) is 16.3. The van der Waals surface area contributed by atoms with Crippen molar-refractivity contribution in [3.8, 4) is 0 Å². The molecule has 2 atom stereocenters. The van der Waals surface area contributed by atoms with Crippen molar-refractivity contribution in [1.29, 1.82) is 0 Å². The summed E-state index contributed by atoms with van der Waals surface area (Å²) >= 11 is 0. The molecule has 7 nitrogen and oxygen atoms in total. The lowest BCUT2D eigenvalue weighted by molar-refractivity contribution is -0.146. The first-order valence-electron chi connectivity index (χ1n) is 9.57. The summed E-state index contributed by atoms with van der Waals surface area (Å²) in [6.45, 7) is 2.31. The third-order valence-electron chi connectivity index (χ3n) is 4.08. The first-order chi connectivity index (χ1) is 12.0. The van der Waals surface area contributed by atoms with E-state index in [1.54, 1.807) is 0 Å². The number of carbonyl (C=O) groups excluding carboxylic acids is 2. The Hall–Kier alpha value is -1.18. The fourth-order valence-corrected chi connectivity index (χ4v) is 2.50. The van der Waals surface area contributed by atoms with Crippen LogP contribution in [-0.2, 0) is 9.59 Å². The van der Waals surface area contributed by atoms with E-state index in [9.17, 15) is 19.8 Å². The zero-order valence-electron chi connectivity index (χ0n) is 15.5. The van der Waals surface area contributed by atoms with Gasteiger partial charge in [0.25, 0.3) is 11.8 Å². The molecule has 0 fully saturated rings. The highest BCUT2D eigenvalue weighted by Crippen LogP contribution is 2.10. The Morgan fingerprint density at radius 2 is 1.12 bits per heavy atom. The number of carbonyl (C=O) groups is 2. The Bertz CT molecular complexity index is 352. The van der Waals surface area contributed by atoms with Gasteiger partial charge in [-0.15, -0.1) is 0 Å². The zero-order chi connectivity index (χ0) is 18.9. The molecule has 0 spiro atoms. The smallest absolute Gasteiger partial charge is 0.252 e. The van der Waals surface area contributed by atoms with Crippen LogP contribution in [0.25, 0.3) is 0 Å². The topological polar surface area (TPSA) is 119 Å². The highest BCUT2D eigenvalue weighted by atomic mass is 16.3. The second-order valence-electron chi connectivity index (χ2n) is 6.38. The highest BCUT2D eigenvalue weighted by molar-refractivity contribution is 5.90. The summed E-state index contributed by atoms with van der Waals surface area (Å²) in [6, 6.07) is 0. The number of amides is 2. The minimum Gasteiger partial charge on any atom is -0.395 e. The predicted molar refractivity (Wildman–Crippen MR) is 97.0 cm³/mol. The Balaban J connectivity index is 3.61. The molecule has 0 bridgehead atoms. The van der Waals surface area contributed by atoms with Crippen LogP contribution in [0, 0.1) is 0 Å². The van der Waals surface area contributed by atoms with Gasteiger partial charge in [0, 0.05) is 13.1 Å². The minimum absolute atomic E-state index is 0.0389. The average Bonchev–Trinajstić information content (AvgIpc) is 2.62. The molecular weight excluding hydrogens is 324 g/mol. The molecule has 25 heavy (non-hydrogen) atoms. The summed E-state index contributed by atoms with van der Waals surface area (Å²) in [5.74, 6) is -1.64. The maximum absolute atomic E-state index is 11.7. The summed E-state index contributed by atoms with van der Waals surface area (Å²) < 4.78 is 0. The van der Waals surface area contributed by atoms with Gasteiger partial charge in [-0.25, -0.2) is 0 Å². The number of aliphatic hydroxyl groups is 3. The Kier molecular flexibility index (Phi) is 15.5. The summed E-state index contributed by atoms with van der Waals surface area (Å²) in [6.07, 6.45) is 8.28. The number of aliphatic hydroxyl groups excluding tert-OH is 3. The lowest BCUT2D eigenvalue weighted by Crippen LogP contribution is -2.50. The van der Waals surface area contributed by atoms with Gasteiger partial charge in [-0.3, -0.25) is 9.59 Å². The van der Waals surface area contributed by atoms with Crippen molar-refractivity contribution in [2.24, 2.45) is 0 Å². The molecule has 0 heterocycles. The van der Waals surface area contributed by atoms with Crippen LogP contribution < -0.4 is 10.6 Å². The first kappa shape index (κ1) is 23.8. The lowest BCUT2D eigenvalue weighted by atomic mass is 10.1. The first-order valence-corrected chi connectivity index (χ1v) is 9.57. The summed E-state index contributed by atoms with van der Waals surface area (Å²) in [7, 11) is 0. The van der Waals surface area contributed by atoms with Crippen LogP contribution in [-0.4, -0.2) is 59.0 Å². The van der Waals surface area contributed by atoms with Crippen molar-refractivity contribution in [2.75, 3.05) is 19.7 Å². The maximum Gasteiger partial charge on any atom is 0.252 e. The lowest BCUT2D eigenvalue weighted by Gasteiger charge is -2.16. The molecule has 0 rings (SSSR count). The number of nitrogens with one attached hydrogen (secondary N) is 2. The number of hydrogen-bond acceptors (Lipinski definition) is 5. The van der Waals surface area contributed by atoms with Crippen LogP contribution in [0.3, 0.4) is 0 Å². The van der Waals surface area contributed by atoms with Crippen molar-refractivity contribution in [3.63, 3.8) is 0 Å². The van der Waals surface area contributed by atoms with Gasteiger partial charge in [0.05, 0.1) is 6.61 Å². The van der Waals surface area contributed by atoms with Gasteiger partial charge >= 0.3 is 0 Å². The third-order valence-corrected chi connectivity index (χ3v) is 4.08. The third kappa shape index (κ3) is 12.8. The van der Waals surface area contributed by atoms with E-state index in [0.717, 1.165) is 19.3 Å². The van der Waals surface area contributed by atoms with Crippen LogP contribution in [0.1, 0.15) is 71.1 Å². The molecule has 0 aliphatic rings. The molecule has 0 aromatic carbocycles. The molecule has 2 amide bonds. The highest BCUT2D eigenvalue weighted by Gasteiger charge is 2.29. The molecule has 0 radical (unpaired) electrons. The average molecular weight is 360 g/mol. The summed E-state index contributed by atoms with van der Waals surface area (Å²) in [4.78, 5) is 23.1. The van der Waals surface area contributed by atoms with E-state index in [0.29, 0.717) is 6.54 Å². The standard InChI is InChI=1S/C18H36N2O5/c1-2-3-4-5-6-7-8-9-10-11-12-19-17(24)15(22)16(23)18(25)20-13-14-21/h15-16,21-23H,2-14H2,1H3,(H,19,24)(H,20,25)/t15-,16-/m1/s1. The molecule has 5 N–H and O–H groups in total. The van der Waals surface area contributed by atoms with Gasteiger partial charge in [0.15, 0.2) is 12.2 Å². The quantitative estimate of drug-likeness (QED) is 0.262. The molecule has 0 unspecified atom stereocenters. The van der Waals surface area contributed by atoms with Gasteiger partial charge in [0.1, 0.15) is 0 Å². The number of unbranched alkanes of at least 4 members (excludes halogenated alkanes) is 9. The van der Waals surface area contributed by atoms with Gasteiger partial charge < -0.3 is 26.0 Å². The second-order valence-corrected chi connectivity index (χ2v) is 6.38. The number of rotatable bonds is 16. The monoisotopic (exact) mass is 360 g/mol. The van der Waals surface area contributed by atoms with Crippen LogP contribution in [0.4, 0.5) is 0 Å². The Morgan fingerprint density at radius 1 is 0.720 bits per heavy atom. The van der Waals surface area contributed by atoms with Crippen LogP contribution >= 0.6 is 0 Å². The minimum atomic E-state index is -1.83. The van der Waals surface area contributed by atoms with Gasteiger partial charge in [-0.2, -0.15) is 0 Å². The van der Waals surface area contributed by atoms with Crippen molar-refractivity contribution >= 4 is 11.8 Å². The largest absolute Gasteiger partial charge is 0.395 e. The fourth-order valence-electron chi connectivity index (χ4n) is 2.50. The van der Waals surface area contributed by atoms with E-state index in [-0.39, 0.29) is 13.2 Å². The molecule has 0 saturated heterocycles. The molecular formula is C18H36N2O5. The fraction of sp³-hybridized carbons (Fsp3) is 0.889. The normalized spacial score (nSPS) is 13.3. The predicted octanol–water partition coefficient (Wildman–Crippen LogP) is 0.854. The van der Waals surface area contributed by atoms with Crippen molar-refractivity contribution < 1.29 is 24.9 Å². The summed E-state index contributed by atoms with van der Waals surface area (Å²) in [5, 5.41) is 32.5. The molecule has 0 aliphatic carbocycles. The Labute approximate surface area is 151 Å². The van der Waals surface area contributed by atoms with Gasteiger partial charge in [-0.05, 0) is 6.42 Å². The van der Waals surface area contributed by atoms with E-state index in [1.165, 1.54) is 44.9 Å². The summed E-state index contributed by atoms with van der Waals surface area (Å²) in [5.41, 5.74) is 0. The maximum atomic E-state index is 11.7. The van der Waals surface area contributed by atoms with Crippen molar-refractivity contribution in [1.82, 2.24) is 10.6 Å². The molecule has 0 aromatic rings. The Morgan fingerprint density at radius 3 is 1.56 bits per heavy atom. The molecule has 148 valence electrons. The van der Waals surface area contributed by atoms with Crippen LogP contribution in [0.15, 0.2) is 0 Å².